The van der Waals surface area contributed by atoms with Crippen LogP contribution in [0.1, 0.15) is 40.0 Å². The molecule has 8 heteroatoms. The second-order valence-electron chi connectivity index (χ2n) is 6.64. The van der Waals surface area contributed by atoms with Gasteiger partial charge in [-0.15, -0.1) is 0 Å². The van der Waals surface area contributed by atoms with Crippen molar-refractivity contribution < 1.29 is 14.3 Å². The predicted octanol–water partition coefficient (Wildman–Crippen LogP) is 5.25. The van der Waals surface area contributed by atoms with Crippen molar-refractivity contribution in [2.45, 2.75) is 52.1 Å². The molecule has 1 fully saturated rings. The zero-order chi connectivity index (χ0) is 20.0. The normalized spacial score (nSPS) is 16.0. The molecule has 1 atom stereocenters. The Labute approximate surface area is 170 Å². The van der Waals surface area contributed by atoms with Gasteiger partial charge in [0, 0.05) is 30.9 Å². The van der Waals surface area contributed by atoms with Crippen molar-refractivity contribution in [2.75, 3.05) is 25.0 Å². The van der Waals surface area contributed by atoms with Gasteiger partial charge in [-0.2, -0.15) is 0 Å². The number of carbonyl (C=O) groups is 2. The lowest BCUT2D eigenvalue weighted by atomic mass is 10.0. The molecule has 1 heterocycles. The van der Waals surface area contributed by atoms with E-state index in [9.17, 15) is 9.59 Å². The number of likely N-dealkylation sites (tertiary alicyclic amines) is 1. The second kappa shape index (κ2) is 10.0. The smallest absolute Gasteiger partial charge is 0.409 e. The molecule has 1 N–H and O–H groups in total. The van der Waals surface area contributed by atoms with Crippen LogP contribution in [0.25, 0.3) is 0 Å². The standard InChI is InChI=1S/C19H27Cl2N3O3/c1-4-13(3)24(15-8-10-23(11-9-15)19(26)27-5-2)18(25)22-14-6-7-16(20)17(21)12-14/h6-7,12-13,15H,4-5,8-11H2,1-3H3,(H,22,25)/t13-/m0/s1. The maximum atomic E-state index is 13.0. The highest BCUT2D eigenvalue weighted by Crippen LogP contribution is 2.26. The fourth-order valence-corrected chi connectivity index (χ4v) is 3.52. The Morgan fingerprint density at radius 3 is 2.48 bits per heavy atom. The minimum absolute atomic E-state index is 0.0633. The van der Waals surface area contributed by atoms with Crippen LogP contribution in [-0.2, 0) is 4.74 Å². The van der Waals surface area contributed by atoms with E-state index in [4.69, 9.17) is 27.9 Å². The number of piperidine rings is 1. The van der Waals surface area contributed by atoms with E-state index in [1.165, 1.54) is 0 Å². The molecule has 150 valence electrons. The van der Waals surface area contributed by atoms with E-state index < -0.39 is 0 Å². The highest BCUT2D eigenvalue weighted by molar-refractivity contribution is 6.42. The average Bonchev–Trinajstić information content (AvgIpc) is 2.65. The fourth-order valence-electron chi connectivity index (χ4n) is 3.23. The van der Waals surface area contributed by atoms with Crippen LogP contribution in [0.5, 0.6) is 0 Å². The zero-order valence-electron chi connectivity index (χ0n) is 16.0. The Morgan fingerprint density at radius 2 is 1.93 bits per heavy atom. The predicted molar refractivity (Wildman–Crippen MR) is 109 cm³/mol. The monoisotopic (exact) mass is 415 g/mol. The van der Waals surface area contributed by atoms with Crippen LogP contribution in [0.3, 0.4) is 0 Å². The molecule has 0 aliphatic carbocycles. The number of halogens is 2. The summed E-state index contributed by atoms with van der Waals surface area (Å²) in [6.07, 6.45) is 1.99. The first-order valence-corrected chi connectivity index (χ1v) is 10.1. The summed E-state index contributed by atoms with van der Waals surface area (Å²) >= 11 is 12.0. The molecule has 1 aromatic rings. The molecule has 1 saturated heterocycles. The molecule has 0 bridgehead atoms. The lowest BCUT2D eigenvalue weighted by Gasteiger charge is -2.41. The number of hydrogen-bond donors (Lipinski definition) is 1. The number of amides is 3. The topological polar surface area (TPSA) is 61.9 Å². The van der Waals surface area contributed by atoms with Gasteiger partial charge < -0.3 is 19.9 Å². The average molecular weight is 416 g/mol. The summed E-state index contributed by atoms with van der Waals surface area (Å²) in [4.78, 5) is 28.4. The lowest BCUT2D eigenvalue weighted by molar-refractivity contribution is 0.0757. The summed E-state index contributed by atoms with van der Waals surface area (Å²) in [5, 5.41) is 3.76. The van der Waals surface area contributed by atoms with E-state index in [1.807, 2.05) is 11.8 Å². The molecule has 1 aliphatic heterocycles. The summed E-state index contributed by atoms with van der Waals surface area (Å²) in [5.41, 5.74) is 0.603. The number of carbonyl (C=O) groups excluding carboxylic acids is 2. The van der Waals surface area contributed by atoms with Crippen molar-refractivity contribution in [3.8, 4) is 0 Å². The number of hydrogen-bond acceptors (Lipinski definition) is 3. The van der Waals surface area contributed by atoms with Crippen LogP contribution in [-0.4, -0.2) is 53.7 Å². The summed E-state index contributed by atoms with van der Waals surface area (Å²) in [6.45, 7) is 7.41. The van der Waals surface area contributed by atoms with E-state index in [-0.39, 0.29) is 24.2 Å². The largest absolute Gasteiger partial charge is 0.450 e. The van der Waals surface area contributed by atoms with Gasteiger partial charge in [0.1, 0.15) is 0 Å². The first-order chi connectivity index (χ1) is 12.9. The molecule has 0 aromatic heterocycles. The van der Waals surface area contributed by atoms with Crippen molar-refractivity contribution in [3.63, 3.8) is 0 Å². The summed E-state index contributed by atoms with van der Waals surface area (Å²) in [6, 6.07) is 4.99. The number of benzene rings is 1. The molecule has 27 heavy (non-hydrogen) atoms. The maximum Gasteiger partial charge on any atom is 0.409 e. The van der Waals surface area contributed by atoms with Gasteiger partial charge in [-0.05, 0) is 51.3 Å². The zero-order valence-corrected chi connectivity index (χ0v) is 17.5. The molecule has 0 radical (unpaired) electrons. The van der Waals surface area contributed by atoms with E-state index in [0.29, 0.717) is 35.4 Å². The molecular formula is C19H27Cl2N3O3. The molecule has 2 rings (SSSR count). The van der Waals surface area contributed by atoms with E-state index in [2.05, 4.69) is 12.2 Å². The quantitative estimate of drug-likeness (QED) is 0.714. The molecule has 6 nitrogen and oxygen atoms in total. The number of ether oxygens (including phenoxy) is 1. The molecular weight excluding hydrogens is 389 g/mol. The first-order valence-electron chi connectivity index (χ1n) is 9.33. The van der Waals surface area contributed by atoms with Crippen LogP contribution in [0.4, 0.5) is 15.3 Å². The Morgan fingerprint density at radius 1 is 1.26 bits per heavy atom. The maximum absolute atomic E-state index is 13.0. The van der Waals surface area contributed by atoms with Gasteiger partial charge in [-0.3, -0.25) is 0 Å². The van der Waals surface area contributed by atoms with E-state index in [0.717, 1.165) is 19.3 Å². The first kappa shape index (κ1) is 21.6. The number of urea groups is 1. The summed E-state index contributed by atoms with van der Waals surface area (Å²) in [7, 11) is 0. The van der Waals surface area contributed by atoms with Crippen molar-refractivity contribution in [3.05, 3.63) is 28.2 Å². The molecule has 1 aromatic carbocycles. The van der Waals surface area contributed by atoms with Gasteiger partial charge in [0.2, 0.25) is 0 Å². The van der Waals surface area contributed by atoms with Crippen LogP contribution in [0.15, 0.2) is 18.2 Å². The van der Waals surface area contributed by atoms with Gasteiger partial charge in [-0.1, -0.05) is 30.1 Å². The lowest BCUT2D eigenvalue weighted by Crippen LogP contribution is -2.53. The van der Waals surface area contributed by atoms with Crippen molar-refractivity contribution >= 4 is 41.0 Å². The van der Waals surface area contributed by atoms with Crippen molar-refractivity contribution in [1.29, 1.82) is 0 Å². The third-order valence-corrected chi connectivity index (χ3v) is 5.59. The minimum atomic E-state index is -0.286. The Hall–Kier alpha value is -1.66. The van der Waals surface area contributed by atoms with Crippen LogP contribution in [0, 0.1) is 0 Å². The van der Waals surface area contributed by atoms with E-state index in [1.54, 1.807) is 30.0 Å². The van der Waals surface area contributed by atoms with Gasteiger partial charge in [0.15, 0.2) is 0 Å². The van der Waals surface area contributed by atoms with Crippen molar-refractivity contribution in [1.82, 2.24) is 9.80 Å². The Kier molecular flexibility index (Phi) is 8.05. The Balaban J connectivity index is 2.05. The molecule has 3 amide bonds. The minimum Gasteiger partial charge on any atom is -0.450 e. The fraction of sp³-hybridized carbons (Fsp3) is 0.579. The van der Waals surface area contributed by atoms with Crippen LogP contribution >= 0.6 is 23.2 Å². The number of anilines is 1. The van der Waals surface area contributed by atoms with Crippen molar-refractivity contribution in [2.24, 2.45) is 0 Å². The third-order valence-electron chi connectivity index (χ3n) is 4.85. The van der Waals surface area contributed by atoms with E-state index >= 15 is 0 Å². The number of rotatable bonds is 5. The third kappa shape index (κ3) is 5.66. The SMILES string of the molecule is CCOC(=O)N1CCC(N(C(=O)Nc2ccc(Cl)c(Cl)c2)[C@@H](C)CC)CC1. The molecule has 0 spiro atoms. The summed E-state index contributed by atoms with van der Waals surface area (Å²) < 4.78 is 5.06. The Bertz CT molecular complexity index is 664. The highest BCUT2D eigenvalue weighted by Gasteiger charge is 2.32. The van der Waals surface area contributed by atoms with Crippen LogP contribution < -0.4 is 5.32 Å². The number of nitrogens with one attached hydrogen (secondary N) is 1. The number of nitrogens with zero attached hydrogens (tertiary/aromatic N) is 2. The van der Waals surface area contributed by atoms with Gasteiger partial charge in [0.05, 0.1) is 16.7 Å². The van der Waals surface area contributed by atoms with Crippen LogP contribution in [0.2, 0.25) is 10.0 Å². The summed E-state index contributed by atoms with van der Waals surface area (Å²) in [5.74, 6) is 0. The molecule has 0 unspecified atom stereocenters. The second-order valence-corrected chi connectivity index (χ2v) is 7.46. The molecule has 0 saturated carbocycles. The molecule has 1 aliphatic rings. The van der Waals surface area contributed by atoms with Gasteiger partial charge in [0.25, 0.3) is 0 Å². The van der Waals surface area contributed by atoms with Gasteiger partial charge >= 0.3 is 12.1 Å². The van der Waals surface area contributed by atoms with Gasteiger partial charge in [-0.25, -0.2) is 9.59 Å². The highest BCUT2D eigenvalue weighted by atomic mass is 35.5.